The number of nitrogens with two attached hydrogens (primary N) is 1. The van der Waals surface area contributed by atoms with E-state index >= 15 is 0 Å². The molecule has 1 atom stereocenters. The van der Waals surface area contributed by atoms with E-state index in [-0.39, 0.29) is 19.5 Å². The molecule has 2 amide bonds. The molecular formula is C12H14FN3O3. The number of rotatable bonds is 2. The highest BCUT2D eigenvalue weighted by Crippen LogP contribution is 2.20. The first-order valence-electron chi connectivity index (χ1n) is 5.74. The topological polar surface area (TPSA) is 95.7 Å². The second-order valence-electron chi connectivity index (χ2n) is 4.57. The van der Waals surface area contributed by atoms with E-state index in [1.165, 1.54) is 29.2 Å². The van der Waals surface area contributed by atoms with Crippen molar-refractivity contribution in [2.75, 3.05) is 18.4 Å². The Morgan fingerprint density at radius 3 is 2.53 bits per heavy atom. The van der Waals surface area contributed by atoms with Crippen molar-refractivity contribution in [3.8, 4) is 0 Å². The molecule has 1 heterocycles. The third kappa shape index (κ3) is 2.82. The number of urea groups is 1. The first-order valence-corrected chi connectivity index (χ1v) is 5.74. The van der Waals surface area contributed by atoms with Crippen molar-refractivity contribution in [3.05, 3.63) is 30.1 Å². The second kappa shape index (κ2) is 4.85. The van der Waals surface area contributed by atoms with E-state index in [0.29, 0.717) is 5.69 Å². The van der Waals surface area contributed by atoms with E-state index in [9.17, 15) is 14.0 Å². The number of carboxylic acid groups (broad SMARTS) is 1. The number of hydrogen-bond donors (Lipinski definition) is 3. The minimum atomic E-state index is -1.39. The number of anilines is 1. The molecule has 0 spiro atoms. The number of carbonyl (C=O) groups excluding carboxylic acids is 1. The van der Waals surface area contributed by atoms with Gasteiger partial charge in [-0.2, -0.15) is 0 Å². The van der Waals surface area contributed by atoms with Crippen LogP contribution in [-0.2, 0) is 4.79 Å². The number of likely N-dealkylation sites (tertiary alicyclic amines) is 1. The molecule has 0 aromatic heterocycles. The maximum atomic E-state index is 12.7. The Morgan fingerprint density at radius 1 is 1.37 bits per heavy atom. The standard InChI is InChI=1S/C12H14FN3O3/c13-8-1-3-9(4-2-8)15-11(19)16-6-5-12(14,7-16)10(17)18/h1-4H,5-7,14H2,(H,15,19)(H,17,18). The van der Waals surface area contributed by atoms with Gasteiger partial charge in [0.05, 0.1) is 6.54 Å². The van der Waals surface area contributed by atoms with Crippen LogP contribution in [0.3, 0.4) is 0 Å². The number of hydrogen-bond acceptors (Lipinski definition) is 3. The van der Waals surface area contributed by atoms with Gasteiger partial charge in [0.2, 0.25) is 0 Å². The SMILES string of the molecule is NC1(C(=O)O)CCN(C(=O)Nc2ccc(F)cc2)C1. The molecule has 1 aromatic carbocycles. The Balaban J connectivity index is 1.98. The maximum Gasteiger partial charge on any atom is 0.325 e. The van der Waals surface area contributed by atoms with E-state index in [4.69, 9.17) is 10.8 Å². The molecule has 2 rings (SSSR count). The Labute approximate surface area is 109 Å². The number of nitrogens with zero attached hydrogens (tertiary/aromatic N) is 1. The Hall–Kier alpha value is -2.15. The fourth-order valence-corrected chi connectivity index (χ4v) is 1.92. The average Bonchev–Trinajstić information content (AvgIpc) is 2.76. The van der Waals surface area contributed by atoms with E-state index in [1.54, 1.807) is 0 Å². The summed E-state index contributed by atoms with van der Waals surface area (Å²) >= 11 is 0. The molecule has 1 saturated heterocycles. The normalized spacial score (nSPS) is 22.3. The highest BCUT2D eigenvalue weighted by molar-refractivity contribution is 5.91. The molecule has 6 nitrogen and oxygen atoms in total. The molecule has 0 saturated carbocycles. The number of carboxylic acids is 1. The fraction of sp³-hybridized carbons (Fsp3) is 0.333. The van der Waals surface area contributed by atoms with Crippen LogP contribution in [0.4, 0.5) is 14.9 Å². The number of amides is 2. The average molecular weight is 267 g/mol. The van der Waals surface area contributed by atoms with E-state index in [1.807, 2.05) is 0 Å². The van der Waals surface area contributed by atoms with Crippen molar-refractivity contribution in [2.45, 2.75) is 12.0 Å². The Morgan fingerprint density at radius 2 is 2.00 bits per heavy atom. The molecule has 1 fully saturated rings. The van der Waals surface area contributed by atoms with Gasteiger partial charge in [0, 0.05) is 12.2 Å². The number of carbonyl (C=O) groups is 2. The zero-order valence-electron chi connectivity index (χ0n) is 10.1. The van der Waals surface area contributed by atoms with Crippen LogP contribution in [0.25, 0.3) is 0 Å². The lowest BCUT2D eigenvalue weighted by molar-refractivity contribution is -0.142. The first kappa shape index (κ1) is 13.3. The van der Waals surface area contributed by atoms with Gasteiger partial charge < -0.3 is 21.1 Å². The molecule has 1 aromatic rings. The smallest absolute Gasteiger partial charge is 0.325 e. The van der Waals surface area contributed by atoms with Crippen LogP contribution >= 0.6 is 0 Å². The lowest BCUT2D eigenvalue weighted by Gasteiger charge is -2.20. The van der Waals surface area contributed by atoms with Gasteiger partial charge in [0.15, 0.2) is 0 Å². The van der Waals surface area contributed by atoms with Gasteiger partial charge >= 0.3 is 12.0 Å². The highest BCUT2D eigenvalue weighted by atomic mass is 19.1. The van der Waals surface area contributed by atoms with E-state index < -0.39 is 23.4 Å². The number of benzene rings is 1. The van der Waals surface area contributed by atoms with Crippen LogP contribution in [-0.4, -0.2) is 40.6 Å². The zero-order chi connectivity index (χ0) is 14.0. The minimum absolute atomic E-state index is 0.0463. The zero-order valence-corrected chi connectivity index (χ0v) is 10.1. The van der Waals surface area contributed by atoms with Crippen molar-refractivity contribution in [1.82, 2.24) is 4.90 Å². The summed E-state index contributed by atoms with van der Waals surface area (Å²) in [6.07, 6.45) is 0.208. The number of aliphatic carboxylic acids is 1. The maximum absolute atomic E-state index is 12.7. The summed E-state index contributed by atoms with van der Waals surface area (Å²) in [5, 5.41) is 11.5. The summed E-state index contributed by atoms with van der Waals surface area (Å²) in [6.45, 7) is 0.227. The lowest BCUT2D eigenvalue weighted by atomic mass is 10.0. The molecule has 0 aliphatic carbocycles. The van der Waals surface area contributed by atoms with Crippen molar-refractivity contribution < 1.29 is 19.1 Å². The van der Waals surface area contributed by atoms with Crippen LogP contribution in [0, 0.1) is 5.82 Å². The monoisotopic (exact) mass is 267 g/mol. The van der Waals surface area contributed by atoms with Gasteiger partial charge in [-0.1, -0.05) is 0 Å². The summed E-state index contributed by atoms with van der Waals surface area (Å²) in [4.78, 5) is 24.2. The third-order valence-corrected chi connectivity index (χ3v) is 3.11. The summed E-state index contributed by atoms with van der Waals surface area (Å²) in [5.41, 5.74) is 4.72. The predicted octanol–water partition coefficient (Wildman–Crippen LogP) is 0.845. The highest BCUT2D eigenvalue weighted by Gasteiger charge is 2.42. The van der Waals surface area contributed by atoms with E-state index in [2.05, 4.69) is 5.32 Å². The molecule has 19 heavy (non-hydrogen) atoms. The summed E-state index contributed by atoms with van der Waals surface area (Å²) in [7, 11) is 0. The summed E-state index contributed by atoms with van der Waals surface area (Å²) in [5.74, 6) is -1.52. The van der Waals surface area contributed by atoms with Crippen LogP contribution in [0.2, 0.25) is 0 Å². The molecule has 7 heteroatoms. The van der Waals surface area contributed by atoms with Crippen LogP contribution in [0.5, 0.6) is 0 Å². The summed E-state index contributed by atoms with van der Waals surface area (Å²) < 4.78 is 12.7. The fourth-order valence-electron chi connectivity index (χ4n) is 1.92. The molecule has 0 radical (unpaired) electrons. The van der Waals surface area contributed by atoms with Gasteiger partial charge in [-0.05, 0) is 30.7 Å². The van der Waals surface area contributed by atoms with E-state index in [0.717, 1.165) is 0 Å². The van der Waals surface area contributed by atoms with Crippen molar-refractivity contribution in [1.29, 1.82) is 0 Å². The molecule has 4 N–H and O–H groups in total. The third-order valence-electron chi connectivity index (χ3n) is 3.11. The molecule has 1 aliphatic rings. The Kier molecular flexibility index (Phi) is 3.39. The van der Waals surface area contributed by atoms with Gasteiger partial charge in [-0.25, -0.2) is 9.18 Å². The molecule has 0 bridgehead atoms. The summed E-state index contributed by atoms with van der Waals surface area (Å²) in [6, 6.07) is 4.86. The first-order chi connectivity index (χ1) is 8.90. The van der Waals surface area contributed by atoms with Gasteiger partial charge in [-0.15, -0.1) is 0 Å². The lowest BCUT2D eigenvalue weighted by Crippen LogP contribution is -2.51. The van der Waals surface area contributed by atoms with Crippen LogP contribution < -0.4 is 11.1 Å². The van der Waals surface area contributed by atoms with Crippen molar-refractivity contribution >= 4 is 17.7 Å². The number of nitrogens with one attached hydrogen (secondary N) is 1. The van der Waals surface area contributed by atoms with Gasteiger partial charge in [-0.3, -0.25) is 4.79 Å². The molecule has 102 valence electrons. The van der Waals surface area contributed by atoms with Crippen molar-refractivity contribution in [2.24, 2.45) is 5.73 Å². The second-order valence-corrected chi connectivity index (χ2v) is 4.57. The minimum Gasteiger partial charge on any atom is -0.480 e. The molecular weight excluding hydrogens is 253 g/mol. The number of halogens is 1. The van der Waals surface area contributed by atoms with Gasteiger partial charge in [0.25, 0.3) is 0 Å². The molecule has 1 unspecified atom stereocenters. The quantitative estimate of drug-likeness (QED) is 0.740. The van der Waals surface area contributed by atoms with Gasteiger partial charge in [0.1, 0.15) is 11.4 Å². The molecule has 1 aliphatic heterocycles. The van der Waals surface area contributed by atoms with Crippen LogP contribution in [0.15, 0.2) is 24.3 Å². The van der Waals surface area contributed by atoms with Crippen LogP contribution in [0.1, 0.15) is 6.42 Å². The van der Waals surface area contributed by atoms with Crippen molar-refractivity contribution in [3.63, 3.8) is 0 Å². The largest absolute Gasteiger partial charge is 0.480 e. The predicted molar refractivity (Wildman–Crippen MR) is 66.2 cm³/mol. The Bertz CT molecular complexity index is 505.